The van der Waals surface area contributed by atoms with Crippen molar-refractivity contribution in [1.29, 1.82) is 0 Å². The maximum absolute atomic E-state index is 11.1. The van der Waals surface area contributed by atoms with Crippen molar-refractivity contribution in [3.05, 3.63) is 0 Å². The lowest BCUT2D eigenvalue weighted by molar-refractivity contribution is -0.0142. The highest BCUT2D eigenvalue weighted by Gasteiger charge is 2.21. The monoisotopic (exact) mass is 185 g/mol. The number of rotatable bonds is 1. The molecule has 0 spiro atoms. The number of carbonyl (C=O) groups excluding carboxylic acids is 1. The van der Waals surface area contributed by atoms with Crippen LogP contribution in [-0.2, 0) is 9.47 Å². The Morgan fingerprint density at radius 1 is 1.54 bits per heavy atom. The Labute approximate surface area is 77.9 Å². The van der Waals surface area contributed by atoms with Gasteiger partial charge in [0, 0.05) is 19.2 Å². The van der Waals surface area contributed by atoms with Crippen LogP contribution in [0, 0.1) is 0 Å². The number of hydrogen-bond donors (Lipinski definition) is 0. The molecule has 1 aliphatic heterocycles. The number of ether oxygens (including phenoxy) is 2. The summed E-state index contributed by atoms with van der Waals surface area (Å²) in [6, 6.07) is 0. The molecule has 1 aliphatic rings. The van der Waals surface area contributed by atoms with E-state index in [1.165, 1.54) is 0 Å². The van der Waals surface area contributed by atoms with Gasteiger partial charge >= 0.3 is 6.16 Å². The maximum Gasteiger partial charge on any atom is 0.509 e. The lowest BCUT2D eigenvalue weighted by Gasteiger charge is -2.19. The van der Waals surface area contributed by atoms with E-state index >= 15 is 0 Å². The Balaban J connectivity index is 2.29. The molecule has 0 N–H and O–H groups in total. The number of nitrogens with zero attached hydrogens (tertiary/aromatic N) is 1. The third-order valence-corrected chi connectivity index (χ3v) is 1.45. The first-order valence-electron chi connectivity index (χ1n) is 4.37. The molecule has 74 valence electrons. The Morgan fingerprint density at radius 2 is 2.23 bits per heavy atom. The molecule has 0 aromatic rings. The Hall–Kier alpha value is -1.06. The highest BCUT2D eigenvalue weighted by atomic mass is 16.7. The molecule has 0 bridgehead atoms. The van der Waals surface area contributed by atoms with Crippen LogP contribution in [0.25, 0.3) is 0 Å². The van der Waals surface area contributed by atoms with Crippen molar-refractivity contribution in [2.75, 3.05) is 6.54 Å². The van der Waals surface area contributed by atoms with Crippen LogP contribution < -0.4 is 0 Å². The SMILES string of the molecule is CC(C)(C)OC(=O)O[C@@H]1C=NCC1. The minimum atomic E-state index is -0.620. The summed E-state index contributed by atoms with van der Waals surface area (Å²) < 4.78 is 9.95. The van der Waals surface area contributed by atoms with Crippen LogP contribution >= 0.6 is 0 Å². The fraction of sp³-hybridized carbons (Fsp3) is 0.778. The zero-order valence-electron chi connectivity index (χ0n) is 8.24. The number of hydrogen-bond acceptors (Lipinski definition) is 4. The molecule has 1 atom stereocenters. The van der Waals surface area contributed by atoms with E-state index in [0.29, 0.717) is 0 Å². The van der Waals surface area contributed by atoms with Crippen LogP contribution in [0.15, 0.2) is 4.99 Å². The van der Waals surface area contributed by atoms with E-state index in [-0.39, 0.29) is 6.10 Å². The largest absolute Gasteiger partial charge is 0.509 e. The van der Waals surface area contributed by atoms with Crippen molar-refractivity contribution in [2.24, 2.45) is 4.99 Å². The molecule has 13 heavy (non-hydrogen) atoms. The fourth-order valence-corrected chi connectivity index (χ4v) is 0.955. The van der Waals surface area contributed by atoms with Gasteiger partial charge in [-0.15, -0.1) is 0 Å². The van der Waals surface area contributed by atoms with Gasteiger partial charge in [0.15, 0.2) is 0 Å². The summed E-state index contributed by atoms with van der Waals surface area (Å²) in [7, 11) is 0. The zero-order chi connectivity index (χ0) is 9.90. The molecule has 0 radical (unpaired) electrons. The van der Waals surface area contributed by atoms with E-state index in [4.69, 9.17) is 9.47 Å². The standard InChI is InChI=1S/C9H15NO3/c1-9(2,3)13-8(11)12-7-4-5-10-6-7/h6-7H,4-5H2,1-3H3/t7-/m0/s1. The zero-order valence-corrected chi connectivity index (χ0v) is 8.24. The Morgan fingerprint density at radius 3 is 2.69 bits per heavy atom. The molecule has 0 aromatic carbocycles. The summed E-state index contributed by atoms with van der Waals surface area (Å²) in [4.78, 5) is 15.1. The van der Waals surface area contributed by atoms with Gasteiger partial charge in [-0.3, -0.25) is 4.99 Å². The van der Waals surface area contributed by atoms with Gasteiger partial charge in [0.05, 0.1) is 0 Å². The van der Waals surface area contributed by atoms with Crippen molar-refractivity contribution >= 4 is 12.4 Å². The number of aliphatic imine (C=N–C) groups is 1. The van der Waals surface area contributed by atoms with Gasteiger partial charge in [0.2, 0.25) is 0 Å². The molecule has 0 unspecified atom stereocenters. The predicted molar refractivity (Wildman–Crippen MR) is 49.1 cm³/mol. The van der Waals surface area contributed by atoms with Gasteiger partial charge in [0.1, 0.15) is 11.7 Å². The predicted octanol–water partition coefficient (Wildman–Crippen LogP) is 1.78. The molecule has 0 aliphatic carbocycles. The van der Waals surface area contributed by atoms with Gasteiger partial charge < -0.3 is 9.47 Å². The smallest absolute Gasteiger partial charge is 0.429 e. The van der Waals surface area contributed by atoms with E-state index in [2.05, 4.69) is 4.99 Å². The van der Waals surface area contributed by atoms with Crippen LogP contribution in [-0.4, -0.2) is 30.6 Å². The quantitative estimate of drug-likeness (QED) is 0.585. The molecule has 4 nitrogen and oxygen atoms in total. The molecule has 0 amide bonds. The summed E-state index contributed by atoms with van der Waals surface area (Å²) >= 11 is 0. The lowest BCUT2D eigenvalue weighted by Crippen LogP contribution is -2.27. The van der Waals surface area contributed by atoms with Crippen molar-refractivity contribution in [2.45, 2.75) is 38.9 Å². The molecule has 1 rings (SSSR count). The second-order valence-electron chi connectivity index (χ2n) is 3.96. The number of carbonyl (C=O) groups is 1. The summed E-state index contributed by atoms with van der Waals surface area (Å²) in [6.45, 7) is 6.14. The minimum absolute atomic E-state index is 0.199. The Kier molecular flexibility index (Phi) is 2.90. The van der Waals surface area contributed by atoms with E-state index in [1.54, 1.807) is 27.0 Å². The fourth-order valence-electron chi connectivity index (χ4n) is 0.955. The molecule has 0 saturated heterocycles. The topological polar surface area (TPSA) is 47.9 Å². The van der Waals surface area contributed by atoms with Crippen molar-refractivity contribution in [1.82, 2.24) is 0 Å². The summed E-state index contributed by atoms with van der Waals surface area (Å²) in [5.74, 6) is 0. The van der Waals surface area contributed by atoms with Gasteiger partial charge in [-0.05, 0) is 20.8 Å². The molecule has 0 aromatic heterocycles. The van der Waals surface area contributed by atoms with Crippen LogP contribution in [0.3, 0.4) is 0 Å². The van der Waals surface area contributed by atoms with Crippen molar-refractivity contribution < 1.29 is 14.3 Å². The van der Waals surface area contributed by atoms with Gasteiger partial charge in [-0.25, -0.2) is 4.79 Å². The van der Waals surface area contributed by atoms with E-state index in [0.717, 1.165) is 13.0 Å². The molecule has 1 heterocycles. The maximum atomic E-state index is 11.1. The highest BCUT2D eigenvalue weighted by molar-refractivity contribution is 5.70. The third-order valence-electron chi connectivity index (χ3n) is 1.45. The normalized spacial score (nSPS) is 21.6. The molecule has 0 saturated carbocycles. The first-order valence-corrected chi connectivity index (χ1v) is 4.37. The third kappa shape index (κ3) is 3.92. The van der Waals surface area contributed by atoms with Gasteiger partial charge in [-0.2, -0.15) is 0 Å². The minimum Gasteiger partial charge on any atom is -0.429 e. The van der Waals surface area contributed by atoms with Gasteiger partial charge in [0.25, 0.3) is 0 Å². The molecular formula is C9H15NO3. The molecule has 4 heteroatoms. The Bertz CT molecular complexity index is 217. The first kappa shape index (κ1) is 10.0. The van der Waals surface area contributed by atoms with Crippen LogP contribution in [0.4, 0.5) is 4.79 Å². The average molecular weight is 185 g/mol. The van der Waals surface area contributed by atoms with Crippen molar-refractivity contribution in [3.63, 3.8) is 0 Å². The van der Waals surface area contributed by atoms with Crippen molar-refractivity contribution in [3.8, 4) is 0 Å². The highest BCUT2D eigenvalue weighted by Crippen LogP contribution is 2.11. The van der Waals surface area contributed by atoms with E-state index in [9.17, 15) is 4.79 Å². The van der Waals surface area contributed by atoms with Crippen LogP contribution in [0.5, 0.6) is 0 Å². The first-order chi connectivity index (χ1) is 5.97. The summed E-state index contributed by atoms with van der Waals surface area (Å²) in [6.07, 6.45) is 1.59. The molecule has 0 fully saturated rings. The second kappa shape index (κ2) is 3.77. The van der Waals surface area contributed by atoms with E-state index < -0.39 is 11.8 Å². The second-order valence-corrected chi connectivity index (χ2v) is 3.96. The summed E-state index contributed by atoms with van der Waals surface area (Å²) in [5.41, 5.74) is -0.493. The average Bonchev–Trinajstić information content (AvgIpc) is 2.34. The summed E-state index contributed by atoms with van der Waals surface area (Å²) in [5, 5.41) is 0. The van der Waals surface area contributed by atoms with Crippen LogP contribution in [0.2, 0.25) is 0 Å². The lowest BCUT2D eigenvalue weighted by atomic mass is 10.2. The van der Waals surface area contributed by atoms with Gasteiger partial charge in [-0.1, -0.05) is 0 Å². The van der Waals surface area contributed by atoms with E-state index in [1.807, 2.05) is 0 Å². The molecular weight excluding hydrogens is 170 g/mol. The van der Waals surface area contributed by atoms with Crippen LogP contribution in [0.1, 0.15) is 27.2 Å².